The Labute approximate surface area is 196 Å². The quantitative estimate of drug-likeness (QED) is 0.329. The molecule has 3 aromatic rings. The van der Waals surface area contributed by atoms with Crippen LogP contribution in [-0.2, 0) is 9.59 Å². The summed E-state index contributed by atoms with van der Waals surface area (Å²) in [6.45, 7) is 3.80. The van der Waals surface area contributed by atoms with Crippen LogP contribution in [0.2, 0.25) is 0 Å². The normalized spacial score (nSPS) is 17.1. The molecule has 0 saturated carbocycles. The first-order valence-corrected chi connectivity index (χ1v) is 10.7. The summed E-state index contributed by atoms with van der Waals surface area (Å²) in [4.78, 5) is 27.6. The molecule has 1 unspecified atom stereocenters. The Bertz CT molecular complexity index is 1300. The van der Waals surface area contributed by atoms with Gasteiger partial charge >= 0.3 is 0 Å². The molecule has 34 heavy (non-hydrogen) atoms. The van der Waals surface area contributed by atoms with Crippen LogP contribution in [0.3, 0.4) is 0 Å². The van der Waals surface area contributed by atoms with Crippen LogP contribution in [0, 0.1) is 11.3 Å². The highest BCUT2D eigenvalue weighted by Crippen LogP contribution is 2.42. The summed E-state index contributed by atoms with van der Waals surface area (Å²) in [5, 5.41) is 30.0. The van der Waals surface area contributed by atoms with E-state index >= 15 is 0 Å². The predicted molar refractivity (Wildman–Crippen MR) is 126 cm³/mol. The maximum Gasteiger partial charge on any atom is 0.300 e. The van der Waals surface area contributed by atoms with Crippen molar-refractivity contribution in [1.29, 1.82) is 5.26 Å². The molecule has 3 aromatic carbocycles. The molecule has 1 fully saturated rings. The molecule has 2 N–H and O–H groups in total. The highest BCUT2D eigenvalue weighted by Gasteiger charge is 2.46. The summed E-state index contributed by atoms with van der Waals surface area (Å²) < 4.78 is 5.63. The summed E-state index contributed by atoms with van der Waals surface area (Å²) >= 11 is 0. The highest BCUT2D eigenvalue weighted by atomic mass is 16.5. The van der Waals surface area contributed by atoms with Gasteiger partial charge in [0, 0.05) is 11.3 Å². The molecular formula is C27H22N2O5. The van der Waals surface area contributed by atoms with Crippen LogP contribution >= 0.6 is 0 Å². The van der Waals surface area contributed by atoms with Gasteiger partial charge in [-0.1, -0.05) is 12.1 Å². The zero-order chi connectivity index (χ0) is 24.4. The number of carbonyl (C=O) groups excluding carboxylic acids is 2. The molecule has 7 nitrogen and oxygen atoms in total. The number of carbonyl (C=O) groups is 2. The standard InChI is InChI=1S/C27H22N2O5/c1-16(2)34-22-13-7-19(8-14-22)25(31)23-24(18-5-11-21(30)12-6-18)29(27(33)26(23)32)20-9-3-17(15-28)4-10-20/h3-14,16,24,30-31H,1-2H3/b25-23+. The van der Waals surface area contributed by atoms with Crippen LogP contribution in [0.15, 0.2) is 78.4 Å². The van der Waals surface area contributed by atoms with Crippen molar-refractivity contribution in [3.05, 3.63) is 95.1 Å². The molecule has 0 aliphatic carbocycles. The first-order chi connectivity index (χ1) is 16.3. The number of benzene rings is 3. The van der Waals surface area contributed by atoms with Gasteiger partial charge < -0.3 is 14.9 Å². The number of aromatic hydroxyl groups is 1. The number of hydrogen-bond donors (Lipinski definition) is 2. The minimum absolute atomic E-state index is 0.0216. The minimum Gasteiger partial charge on any atom is -0.508 e. The third kappa shape index (κ3) is 4.21. The number of nitriles is 1. The minimum atomic E-state index is -0.930. The van der Waals surface area contributed by atoms with Crippen molar-refractivity contribution in [3.8, 4) is 17.6 Å². The Morgan fingerprint density at radius 3 is 2.15 bits per heavy atom. The van der Waals surface area contributed by atoms with E-state index in [9.17, 15) is 19.8 Å². The van der Waals surface area contributed by atoms with Gasteiger partial charge in [-0.3, -0.25) is 14.5 Å². The lowest BCUT2D eigenvalue weighted by Gasteiger charge is -2.25. The number of aliphatic hydroxyl groups is 1. The Kier molecular flexibility index (Phi) is 6.07. The van der Waals surface area contributed by atoms with Crippen LogP contribution in [0.4, 0.5) is 5.69 Å². The molecule has 1 heterocycles. The lowest BCUT2D eigenvalue weighted by molar-refractivity contribution is -0.132. The fourth-order valence-electron chi connectivity index (χ4n) is 3.89. The fraction of sp³-hybridized carbons (Fsp3) is 0.148. The van der Waals surface area contributed by atoms with Crippen molar-refractivity contribution < 1.29 is 24.5 Å². The Morgan fingerprint density at radius 1 is 0.971 bits per heavy atom. The second kappa shape index (κ2) is 9.12. The van der Waals surface area contributed by atoms with Gasteiger partial charge in [0.15, 0.2) is 0 Å². The van der Waals surface area contributed by atoms with Gasteiger partial charge in [0.1, 0.15) is 17.3 Å². The molecule has 1 aliphatic heterocycles. The first-order valence-electron chi connectivity index (χ1n) is 10.7. The summed E-state index contributed by atoms with van der Waals surface area (Å²) in [5.41, 5.74) is 1.63. The Hall–Kier alpha value is -4.57. The van der Waals surface area contributed by atoms with Gasteiger partial charge in [0.2, 0.25) is 0 Å². The molecule has 4 rings (SSSR count). The van der Waals surface area contributed by atoms with Crippen molar-refractivity contribution in [3.63, 3.8) is 0 Å². The third-order valence-electron chi connectivity index (χ3n) is 5.43. The summed E-state index contributed by atoms with van der Waals surface area (Å²) in [7, 11) is 0. The van der Waals surface area contributed by atoms with E-state index in [4.69, 9.17) is 10.00 Å². The molecule has 170 valence electrons. The van der Waals surface area contributed by atoms with Crippen molar-refractivity contribution in [2.24, 2.45) is 0 Å². The van der Waals surface area contributed by atoms with E-state index in [1.165, 1.54) is 17.0 Å². The van der Waals surface area contributed by atoms with Gasteiger partial charge in [-0.2, -0.15) is 5.26 Å². The molecule has 0 spiro atoms. The van der Waals surface area contributed by atoms with E-state index in [0.29, 0.717) is 28.1 Å². The monoisotopic (exact) mass is 454 g/mol. The van der Waals surface area contributed by atoms with Crippen LogP contribution in [0.25, 0.3) is 5.76 Å². The summed E-state index contributed by atoms with van der Waals surface area (Å²) in [6.07, 6.45) is -0.0216. The SMILES string of the molecule is CC(C)Oc1ccc(/C(O)=C2\C(=O)C(=O)N(c3ccc(C#N)cc3)C2c2ccc(O)cc2)cc1. The Morgan fingerprint density at radius 2 is 1.59 bits per heavy atom. The van der Waals surface area contributed by atoms with Gasteiger partial charge in [0.25, 0.3) is 11.7 Å². The van der Waals surface area contributed by atoms with Gasteiger partial charge in [0.05, 0.1) is 29.4 Å². The second-order valence-corrected chi connectivity index (χ2v) is 8.11. The van der Waals surface area contributed by atoms with Gasteiger partial charge in [-0.15, -0.1) is 0 Å². The zero-order valence-electron chi connectivity index (χ0n) is 18.6. The number of rotatable bonds is 5. The molecule has 1 saturated heterocycles. The molecular weight excluding hydrogens is 432 g/mol. The van der Waals surface area contributed by atoms with Crippen molar-refractivity contribution in [2.75, 3.05) is 4.90 Å². The topological polar surface area (TPSA) is 111 Å². The molecule has 0 aromatic heterocycles. The number of Topliss-reactive ketones (excluding diaryl/α,β-unsaturated/α-hetero) is 1. The Balaban J connectivity index is 1.85. The molecule has 1 amide bonds. The van der Waals surface area contributed by atoms with E-state index in [1.54, 1.807) is 60.7 Å². The highest BCUT2D eigenvalue weighted by molar-refractivity contribution is 6.51. The van der Waals surface area contributed by atoms with E-state index in [2.05, 4.69) is 0 Å². The van der Waals surface area contributed by atoms with Gasteiger partial charge in [-0.25, -0.2) is 0 Å². The maximum atomic E-state index is 13.2. The number of aliphatic hydroxyl groups excluding tert-OH is 1. The maximum absolute atomic E-state index is 13.2. The number of hydrogen-bond acceptors (Lipinski definition) is 6. The van der Waals surface area contributed by atoms with Crippen LogP contribution in [0.5, 0.6) is 11.5 Å². The average Bonchev–Trinajstić information content (AvgIpc) is 3.09. The second-order valence-electron chi connectivity index (χ2n) is 8.11. The average molecular weight is 454 g/mol. The third-order valence-corrected chi connectivity index (χ3v) is 5.43. The van der Waals surface area contributed by atoms with E-state index in [0.717, 1.165) is 0 Å². The van der Waals surface area contributed by atoms with Gasteiger partial charge in [-0.05, 0) is 80.1 Å². The smallest absolute Gasteiger partial charge is 0.300 e. The number of ketones is 1. The first kappa shape index (κ1) is 22.6. The largest absolute Gasteiger partial charge is 0.508 e. The number of amides is 1. The van der Waals surface area contributed by atoms with E-state index in [-0.39, 0.29) is 23.2 Å². The number of nitrogens with zero attached hydrogens (tertiary/aromatic N) is 2. The fourth-order valence-corrected chi connectivity index (χ4v) is 3.89. The van der Waals surface area contributed by atoms with Crippen LogP contribution < -0.4 is 9.64 Å². The zero-order valence-corrected chi connectivity index (χ0v) is 18.6. The number of phenols is 1. The van der Waals surface area contributed by atoms with Crippen molar-refractivity contribution in [2.45, 2.75) is 26.0 Å². The van der Waals surface area contributed by atoms with E-state index in [1.807, 2.05) is 19.9 Å². The number of ether oxygens (including phenoxy) is 1. The number of anilines is 1. The molecule has 1 aliphatic rings. The van der Waals surface area contributed by atoms with Crippen molar-refractivity contribution in [1.82, 2.24) is 0 Å². The van der Waals surface area contributed by atoms with E-state index < -0.39 is 17.7 Å². The molecule has 7 heteroatoms. The lowest BCUT2D eigenvalue weighted by atomic mass is 9.95. The lowest BCUT2D eigenvalue weighted by Crippen LogP contribution is -2.29. The molecule has 1 atom stereocenters. The number of phenolic OH excluding ortho intramolecular Hbond substituents is 1. The van der Waals surface area contributed by atoms with Crippen LogP contribution in [-0.4, -0.2) is 28.0 Å². The summed E-state index contributed by atoms with van der Waals surface area (Å²) in [6, 6.07) is 20.0. The molecule has 0 bridgehead atoms. The predicted octanol–water partition coefficient (Wildman–Crippen LogP) is 4.68. The van der Waals surface area contributed by atoms with Crippen LogP contribution in [0.1, 0.15) is 36.6 Å². The summed E-state index contributed by atoms with van der Waals surface area (Å²) in [5.74, 6) is -1.31. The molecule has 0 radical (unpaired) electrons. The van der Waals surface area contributed by atoms with Crippen molar-refractivity contribution >= 4 is 23.1 Å².